The minimum absolute atomic E-state index is 0.355. The Morgan fingerprint density at radius 3 is 2.89 bits per heavy atom. The monoisotopic (exact) mass is 268 g/mol. The first-order chi connectivity index (χ1) is 9.09. The Hall–Kier alpha value is -0.540. The summed E-state index contributed by atoms with van der Waals surface area (Å²) in [7, 11) is 0. The van der Waals surface area contributed by atoms with E-state index in [9.17, 15) is 0 Å². The summed E-state index contributed by atoms with van der Waals surface area (Å²) < 4.78 is 18.0. The Balaban J connectivity index is 2.01. The van der Waals surface area contributed by atoms with Gasteiger partial charge >= 0.3 is 0 Å². The van der Waals surface area contributed by atoms with Crippen LogP contribution in [0.4, 0.5) is 0 Å². The van der Waals surface area contributed by atoms with Gasteiger partial charge in [-0.25, -0.2) is 0 Å². The summed E-state index contributed by atoms with van der Waals surface area (Å²) in [5.41, 5.74) is 1.31. The van der Waals surface area contributed by atoms with Crippen LogP contribution in [-0.4, -0.2) is 25.1 Å². The zero-order chi connectivity index (χ0) is 13.9. The second-order valence-corrected chi connectivity index (χ2v) is 5.94. The number of hydrogen-bond donors (Lipinski definition) is 0. The fourth-order valence-corrected chi connectivity index (χ4v) is 3.04. The topological polar surface area (TPSA) is 27.7 Å². The highest BCUT2D eigenvalue weighted by atomic mass is 16.7. The summed E-state index contributed by atoms with van der Waals surface area (Å²) >= 11 is 0. The molecule has 3 atom stereocenters. The Morgan fingerprint density at radius 1 is 1.42 bits per heavy atom. The molecule has 0 radical (unpaired) electrons. The minimum Gasteiger partial charge on any atom is -0.467 e. The number of allylic oxidation sites excluding steroid dienone is 1. The van der Waals surface area contributed by atoms with Crippen molar-refractivity contribution < 1.29 is 14.2 Å². The third-order valence-electron chi connectivity index (χ3n) is 4.44. The molecule has 110 valence electrons. The maximum Gasteiger partial charge on any atom is 0.210 e. The van der Waals surface area contributed by atoms with Gasteiger partial charge in [0.15, 0.2) is 0 Å². The van der Waals surface area contributed by atoms with Crippen LogP contribution in [0, 0.1) is 5.92 Å². The van der Waals surface area contributed by atoms with Gasteiger partial charge in [-0.15, -0.1) is 0 Å². The lowest BCUT2D eigenvalue weighted by Crippen LogP contribution is -2.44. The summed E-state index contributed by atoms with van der Waals surface area (Å²) in [5.74, 6) is 1.16. The summed E-state index contributed by atoms with van der Waals surface area (Å²) in [6.45, 7) is 10.1. The average Bonchev–Trinajstić information content (AvgIpc) is 2.40. The van der Waals surface area contributed by atoms with Gasteiger partial charge in [0.2, 0.25) is 5.79 Å². The van der Waals surface area contributed by atoms with Crippen LogP contribution in [-0.2, 0) is 14.2 Å². The zero-order valence-electron chi connectivity index (χ0n) is 12.8. The van der Waals surface area contributed by atoms with Crippen LogP contribution in [0.3, 0.4) is 0 Å². The number of rotatable bonds is 5. The van der Waals surface area contributed by atoms with Crippen molar-refractivity contribution in [3.8, 4) is 0 Å². The van der Waals surface area contributed by atoms with Crippen LogP contribution in [0.25, 0.3) is 0 Å². The molecular weight excluding hydrogens is 240 g/mol. The van der Waals surface area contributed by atoms with E-state index in [0.717, 1.165) is 32.3 Å². The Labute approximate surface area is 117 Å². The van der Waals surface area contributed by atoms with Crippen LogP contribution in [0.5, 0.6) is 0 Å². The van der Waals surface area contributed by atoms with E-state index < -0.39 is 5.79 Å². The zero-order valence-corrected chi connectivity index (χ0v) is 12.8. The summed E-state index contributed by atoms with van der Waals surface area (Å²) in [6.07, 6.45) is 5.71. The minimum atomic E-state index is -0.437. The van der Waals surface area contributed by atoms with E-state index in [1.165, 1.54) is 17.8 Å². The smallest absolute Gasteiger partial charge is 0.210 e. The van der Waals surface area contributed by atoms with Gasteiger partial charge in [-0.1, -0.05) is 20.3 Å². The molecule has 3 nitrogen and oxygen atoms in total. The van der Waals surface area contributed by atoms with E-state index in [2.05, 4.69) is 27.7 Å². The van der Waals surface area contributed by atoms with Crippen molar-refractivity contribution in [3.05, 3.63) is 11.3 Å². The third-order valence-corrected chi connectivity index (χ3v) is 4.44. The molecule has 0 bridgehead atoms. The molecule has 0 saturated heterocycles. The first-order valence-electron chi connectivity index (χ1n) is 7.74. The molecule has 0 saturated carbocycles. The molecule has 0 N–H and O–H groups in total. The fourth-order valence-electron chi connectivity index (χ4n) is 3.04. The van der Waals surface area contributed by atoms with Gasteiger partial charge in [-0.3, -0.25) is 0 Å². The third kappa shape index (κ3) is 3.32. The van der Waals surface area contributed by atoms with Gasteiger partial charge in [0.25, 0.3) is 0 Å². The quantitative estimate of drug-likeness (QED) is 0.753. The summed E-state index contributed by atoms with van der Waals surface area (Å²) in [5, 5.41) is 0. The highest BCUT2D eigenvalue weighted by molar-refractivity contribution is 5.17. The molecule has 0 spiro atoms. The normalized spacial score (nSPS) is 32.7. The van der Waals surface area contributed by atoms with E-state index >= 15 is 0 Å². The molecule has 1 aliphatic carbocycles. The highest BCUT2D eigenvalue weighted by Gasteiger charge is 2.40. The first-order valence-corrected chi connectivity index (χ1v) is 7.74. The molecule has 19 heavy (non-hydrogen) atoms. The van der Waals surface area contributed by atoms with Crippen molar-refractivity contribution in [2.45, 2.75) is 71.7 Å². The van der Waals surface area contributed by atoms with E-state index in [4.69, 9.17) is 14.2 Å². The Morgan fingerprint density at radius 2 is 2.21 bits per heavy atom. The SMILES string of the molecule is CCCC(C)[C@]1(C)OCC2=C(CC[C@H](OCC)C2)O1. The highest BCUT2D eigenvalue weighted by Crippen LogP contribution is 2.39. The van der Waals surface area contributed by atoms with E-state index in [1.807, 2.05) is 0 Å². The van der Waals surface area contributed by atoms with Gasteiger partial charge in [-0.2, -0.15) is 0 Å². The number of hydrogen-bond acceptors (Lipinski definition) is 3. The van der Waals surface area contributed by atoms with Crippen molar-refractivity contribution >= 4 is 0 Å². The average molecular weight is 268 g/mol. The van der Waals surface area contributed by atoms with Crippen molar-refractivity contribution in [1.82, 2.24) is 0 Å². The second-order valence-electron chi connectivity index (χ2n) is 5.94. The van der Waals surface area contributed by atoms with Crippen LogP contribution in [0.15, 0.2) is 11.3 Å². The van der Waals surface area contributed by atoms with E-state index in [0.29, 0.717) is 18.6 Å². The van der Waals surface area contributed by atoms with Gasteiger partial charge in [0.1, 0.15) is 5.76 Å². The molecule has 3 heteroatoms. The van der Waals surface area contributed by atoms with Crippen molar-refractivity contribution in [1.29, 1.82) is 0 Å². The van der Waals surface area contributed by atoms with Gasteiger partial charge < -0.3 is 14.2 Å². The summed E-state index contributed by atoms with van der Waals surface area (Å²) in [4.78, 5) is 0. The van der Waals surface area contributed by atoms with E-state index in [-0.39, 0.29) is 0 Å². The molecule has 0 amide bonds. The second kappa shape index (κ2) is 6.27. The fraction of sp³-hybridized carbons (Fsp3) is 0.875. The lowest BCUT2D eigenvalue weighted by molar-refractivity contribution is -0.247. The van der Waals surface area contributed by atoms with Crippen LogP contribution < -0.4 is 0 Å². The molecule has 1 aliphatic heterocycles. The Bertz CT molecular complexity index is 337. The predicted octanol–water partition coefficient (Wildman–Crippen LogP) is 4.03. The largest absolute Gasteiger partial charge is 0.467 e. The molecule has 2 aliphatic rings. The van der Waals surface area contributed by atoms with Gasteiger partial charge in [0.05, 0.1) is 12.7 Å². The molecule has 0 aromatic carbocycles. The van der Waals surface area contributed by atoms with Crippen molar-refractivity contribution in [3.63, 3.8) is 0 Å². The predicted molar refractivity (Wildman–Crippen MR) is 75.8 cm³/mol. The molecular formula is C16H28O3. The molecule has 0 fully saturated rings. The molecule has 2 rings (SSSR count). The number of ether oxygens (including phenoxy) is 3. The molecule has 0 aromatic heterocycles. The maximum atomic E-state index is 6.22. The Kier molecular flexibility index (Phi) is 4.91. The lowest BCUT2D eigenvalue weighted by atomic mass is 9.91. The first kappa shape index (κ1) is 14.9. The standard InChI is InChI=1S/C16H28O3/c1-5-7-12(3)16(4)18-11-13-10-14(17-6-2)8-9-15(13)19-16/h12,14H,5-11H2,1-4H3/t12?,14-,16+/m0/s1. The molecule has 1 heterocycles. The van der Waals surface area contributed by atoms with E-state index in [1.54, 1.807) is 0 Å². The van der Waals surface area contributed by atoms with Crippen molar-refractivity contribution in [2.75, 3.05) is 13.2 Å². The van der Waals surface area contributed by atoms with Crippen molar-refractivity contribution in [2.24, 2.45) is 5.92 Å². The van der Waals surface area contributed by atoms with Crippen LogP contribution in [0.1, 0.15) is 59.8 Å². The van der Waals surface area contributed by atoms with Crippen LogP contribution in [0.2, 0.25) is 0 Å². The molecule has 0 aromatic rings. The lowest BCUT2D eigenvalue weighted by Gasteiger charge is -2.43. The van der Waals surface area contributed by atoms with Gasteiger partial charge in [0, 0.05) is 32.3 Å². The van der Waals surface area contributed by atoms with Gasteiger partial charge in [-0.05, 0) is 25.3 Å². The summed E-state index contributed by atoms with van der Waals surface area (Å²) in [6, 6.07) is 0. The van der Waals surface area contributed by atoms with Crippen LogP contribution >= 0.6 is 0 Å². The molecule has 1 unspecified atom stereocenters. The maximum absolute atomic E-state index is 6.22.